The second kappa shape index (κ2) is 5.21. The van der Waals surface area contributed by atoms with Crippen LogP contribution >= 0.6 is 23.2 Å². The first-order valence-electron chi connectivity index (χ1n) is 5.48. The summed E-state index contributed by atoms with van der Waals surface area (Å²) < 4.78 is 13.2. The lowest BCUT2D eigenvalue weighted by Crippen LogP contribution is -1.95. The molecule has 1 aromatic heterocycles. The number of benzene rings is 1. The molecule has 18 heavy (non-hydrogen) atoms. The van der Waals surface area contributed by atoms with Crippen LogP contribution < -0.4 is 0 Å². The standard InChI is InChI=1S/C13H11Cl2FN2/c1-7(2)8-3-5-9(6-4-8)13-17-11(14)10(16)12(15)18-13/h3-7H,1-2H3. The molecule has 2 nitrogen and oxygen atoms in total. The summed E-state index contributed by atoms with van der Waals surface area (Å²) in [6.45, 7) is 4.22. The molecular formula is C13H11Cl2FN2. The number of halogens is 3. The fourth-order valence-corrected chi connectivity index (χ4v) is 1.93. The monoisotopic (exact) mass is 284 g/mol. The van der Waals surface area contributed by atoms with Gasteiger partial charge >= 0.3 is 0 Å². The molecule has 0 atom stereocenters. The molecule has 0 radical (unpaired) electrons. The average Bonchev–Trinajstić information content (AvgIpc) is 2.35. The second-order valence-electron chi connectivity index (χ2n) is 4.22. The van der Waals surface area contributed by atoms with Crippen LogP contribution in [-0.2, 0) is 0 Å². The summed E-state index contributed by atoms with van der Waals surface area (Å²) in [5.74, 6) is -0.0250. The van der Waals surface area contributed by atoms with Crippen molar-refractivity contribution >= 4 is 23.2 Å². The van der Waals surface area contributed by atoms with E-state index in [0.29, 0.717) is 11.7 Å². The van der Waals surface area contributed by atoms with Crippen LogP contribution in [0.2, 0.25) is 10.3 Å². The van der Waals surface area contributed by atoms with Gasteiger partial charge in [0.15, 0.2) is 21.9 Å². The van der Waals surface area contributed by atoms with Crippen LogP contribution in [0.3, 0.4) is 0 Å². The Balaban J connectivity index is 2.43. The van der Waals surface area contributed by atoms with Gasteiger partial charge in [-0.15, -0.1) is 0 Å². The van der Waals surface area contributed by atoms with E-state index in [1.54, 1.807) is 0 Å². The zero-order chi connectivity index (χ0) is 13.3. The summed E-state index contributed by atoms with van der Waals surface area (Å²) in [4.78, 5) is 7.75. The molecule has 0 unspecified atom stereocenters. The molecule has 0 aliphatic carbocycles. The van der Waals surface area contributed by atoms with Crippen LogP contribution in [0.5, 0.6) is 0 Å². The fourth-order valence-electron chi connectivity index (χ4n) is 1.54. The Morgan fingerprint density at radius 3 is 1.94 bits per heavy atom. The van der Waals surface area contributed by atoms with Crippen molar-refractivity contribution in [3.8, 4) is 11.4 Å². The van der Waals surface area contributed by atoms with Gasteiger partial charge in [-0.25, -0.2) is 14.4 Å². The van der Waals surface area contributed by atoms with Gasteiger partial charge in [0.25, 0.3) is 0 Å². The lowest BCUT2D eigenvalue weighted by atomic mass is 10.0. The lowest BCUT2D eigenvalue weighted by molar-refractivity contribution is 0.615. The Morgan fingerprint density at radius 1 is 1.00 bits per heavy atom. The van der Waals surface area contributed by atoms with Crippen LogP contribution in [-0.4, -0.2) is 9.97 Å². The zero-order valence-corrected chi connectivity index (χ0v) is 11.4. The van der Waals surface area contributed by atoms with Gasteiger partial charge in [-0.2, -0.15) is 0 Å². The summed E-state index contributed by atoms with van der Waals surface area (Å²) in [7, 11) is 0. The molecule has 94 valence electrons. The summed E-state index contributed by atoms with van der Waals surface area (Å²) in [6.07, 6.45) is 0. The van der Waals surface area contributed by atoms with Crippen LogP contribution in [0.15, 0.2) is 24.3 Å². The van der Waals surface area contributed by atoms with Crippen molar-refractivity contribution in [1.29, 1.82) is 0 Å². The molecule has 0 saturated heterocycles. The average molecular weight is 285 g/mol. The minimum absolute atomic E-state index is 0.266. The third-order valence-electron chi connectivity index (χ3n) is 2.61. The fraction of sp³-hybridized carbons (Fsp3) is 0.231. The van der Waals surface area contributed by atoms with Gasteiger partial charge in [0, 0.05) is 5.56 Å². The van der Waals surface area contributed by atoms with Gasteiger partial charge in [-0.1, -0.05) is 61.3 Å². The van der Waals surface area contributed by atoms with Crippen molar-refractivity contribution in [2.75, 3.05) is 0 Å². The van der Waals surface area contributed by atoms with Crippen molar-refractivity contribution in [2.45, 2.75) is 19.8 Å². The minimum atomic E-state index is -0.791. The molecule has 0 amide bonds. The SMILES string of the molecule is CC(C)c1ccc(-c2nc(Cl)c(F)c(Cl)n2)cc1. The summed E-state index contributed by atoms with van der Waals surface area (Å²) in [6, 6.07) is 7.70. The van der Waals surface area contributed by atoms with Crippen molar-refractivity contribution in [1.82, 2.24) is 9.97 Å². The molecule has 2 rings (SSSR count). The minimum Gasteiger partial charge on any atom is -0.213 e. The highest BCUT2D eigenvalue weighted by Crippen LogP contribution is 2.25. The highest BCUT2D eigenvalue weighted by molar-refractivity contribution is 6.33. The lowest BCUT2D eigenvalue weighted by Gasteiger charge is -2.07. The van der Waals surface area contributed by atoms with Crippen LogP contribution in [0.4, 0.5) is 4.39 Å². The molecule has 2 aromatic rings. The predicted molar refractivity (Wildman–Crippen MR) is 71.5 cm³/mol. The first-order chi connectivity index (χ1) is 8.49. The Labute approximate surface area is 115 Å². The van der Waals surface area contributed by atoms with E-state index < -0.39 is 5.82 Å². The van der Waals surface area contributed by atoms with E-state index in [1.807, 2.05) is 24.3 Å². The van der Waals surface area contributed by atoms with Crippen molar-refractivity contribution < 1.29 is 4.39 Å². The van der Waals surface area contributed by atoms with E-state index in [2.05, 4.69) is 23.8 Å². The Bertz CT molecular complexity index is 545. The third-order valence-corrected chi connectivity index (χ3v) is 3.11. The maximum atomic E-state index is 13.2. The van der Waals surface area contributed by atoms with E-state index in [9.17, 15) is 4.39 Å². The van der Waals surface area contributed by atoms with Crippen LogP contribution in [0, 0.1) is 5.82 Å². The Morgan fingerprint density at radius 2 is 1.50 bits per heavy atom. The molecule has 0 fully saturated rings. The van der Waals surface area contributed by atoms with Crippen LogP contribution in [0.25, 0.3) is 11.4 Å². The van der Waals surface area contributed by atoms with Gasteiger partial charge in [0.1, 0.15) is 0 Å². The van der Waals surface area contributed by atoms with Crippen LogP contribution in [0.1, 0.15) is 25.3 Å². The van der Waals surface area contributed by atoms with E-state index in [-0.39, 0.29) is 10.3 Å². The highest BCUT2D eigenvalue weighted by atomic mass is 35.5. The Kier molecular flexibility index (Phi) is 3.83. The van der Waals surface area contributed by atoms with Crippen molar-refractivity contribution in [2.24, 2.45) is 0 Å². The highest BCUT2D eigenvalue weighted by Gasteiger charge is 2.12. The second-order valence-corrected chi connectivity index (χ2v) is 4.94. The largest absolute Gasteiger partial charge is 0.213 e. The van der Waals surface area contributed by atoms with E-state index in [4.69, 9.17) is 23.2 Å². The normalized spacial score (nSPS) is 11.0. The predicted octanol–water partition coefficient (Wildman–Crippen LogP) is 4.71. The maximum absolute atomic E-state index is 13.2. The van der Waals surface area contributed by atoms with E-state index in [1.165, 1.54) is 5.56 Å². The van der Waals surface area contributed by atoms with Gasteiger partial charge in [0.05, 0.1) is 0 Å². The molecule has 5 heteroatoms. The van der Waals surface area contributed by atoms with E-state index in [0.717, 1.165) is 5.56 Å². The molecule has 0 aliphatic rings. The number of rotatable bonds is 2. The quantitative estimate of drug-likeness (QED) is 0.746. The molecular weight excluding hydrogens is 274 g/mol. The first kappa shape index (κ1) is 13.2. The van der Waals surface area contributed by atoms with Gasteiger partial charge in [0.2, 0.25) is 0 Å². The smallest absolute Gasteiger partial charge is 0.197 e. The van der Waals surface area contributed by atoms with Gasteiger partial charge < -0.3 is 0 Å². The topological polar surface area (TPSA) is 25.8 Å². The third kappa shape index (κ3) is 2.62. The first-order valence-corrected chi connectivity index (χ1v) is 6.23. The number of nitrogens with zero attached hydrogens (tertiary/aromatic N) is 2. The summed E-state index contributed by atoms with van der Waals surface area (Å²) in [5, 5.41) is -0.532. The Hall–Kier alpha value is -1.19. The molecule has 0 spiro atoms. The summed E-state index contributed by atoms with van der Waals surface area (Å²) in [5.41, 5.74) is 1.96. The molecule has 1 heterocycles. The van der Waals surface area contributed by atoms with Gasteiger partial charge in [-0.3, -0.25) is 0 Å². The molecule has 1 aromatic carbocycles. The molecule has 0 N–H and O–H groups in total. The number of hydrogen-bond acceptors (Lipinski definition) is 2. The van der Waals surface area contributed by atoms with Gasteiger partial charge in [-0.05, 0) is 11.5 Å². The van der Waals surface area contributed by atoms with E-state index >= 15 is 0 Å². The number of aromatic nitrogens is 2. The summed E-state index contributed by atoms with van der Waals surface area (Å²) >= 11 is 11.3. The number of hydrogen-bond donors (Lipinski definition) is 0. The van der Waals surface area contributed by atoms with Crippen molar-refractivity contribution in [3.05, 3.63) is 46.0 Å². The maximum Gasteiger partial charge on any atom is 0.197 e. The molecule has 0 bridgehead atoms. The molecule has 0 aliphatic heterocycles. The van der Waals surface area contributed by atoms with Crippen molar-refractivity contribution in [3.63, 3.8) is 0 Å². The zero-order valence-electron chi connectivity index (χ0n) is 9.92. The molecule has 0 saturated carbocycles.